The number of phenolic OH excluding ortho intramolecular Hbond substituents is 1. The first kappa shape index (κ1) is 15.1. The predicted molar refractivity (Wildman–Crippen MR) is 97.8 cm³/mol. The second-order valence-corrected chi connectivity index (χ2v) is 5.87. The molecule has 0 aliphatic rings. The van der Waals surface area contributed by atoms with Gasteiger partial charge in [0.1, 0.15) is 5.75 Å². The first-order valence-corrected chi connectivity index (χ1v) is 7.88. The third kappa shape index (κ3) is 2.87. The van der Waals surface area contributed by atoms with Crippen LogP contribution >= 0.6 is 0 Å². The van der Waals surface area contributed by atoms with E-state index in [0.29, 0.717) is 16.8 Å². The van der Waals surface area contributed by atoms with Crippen LogP contribution in [0.25, 0.3) is 22.1 Å². The topological polar surface area (TPSA) is 75.1 Å². The lowest BCUT2D eigenvalue weighted by Crippen LogP contribution is -2.12. The van der Waals surface area contributed by atoms with Crippen molar-refractivity contribution in [1.29, 1.82) is 0 Å². The summed E-state index contributed by atoms with van der Waals surface area (Å²) in [4.78, 5) is 21.7. The number of nitrogens with one attached hydrogen (secondary N) is 1. The van der Waals surface area contributed by atoms with Gasteiger partial charge in [0.2, 0.25) is 0 Å². The maximum Gasteiger partial charge on any atom is 0.255 e. The van der Waals surface area contributed by atoms with Crippen molar-refractivity contribution in [2.45, 2.75) is 6.92 Å². The fourth-order valence-electron chi connectivity index (χ4n) is 2.74. The molecule has 25 heavy (non-hydrogen) atoms. The molecule has 4 rings (SSSR count). The minimum atomic E-state index is -0.231. The Labute approximate surface area is 144 Å². The van der Waals surface area contributed by atoms with E-state index in [-0.39, 0.29) is 11.7 Å². The average molecular weight is 329 g/mol. The van der Waals surface area contributed by atoms with Crippen molar-refractivity contribution in [2.24, 2.45) is 0 Å². The Morgan fingerprint density at radius 2 is 1.56 bits per heavy atom. The van der Waals surface area contributed by atoms with Crippen molar-refractivity contribution in [2.75, 3.05) is 5.32 Å². The van der Waals surface area contributed by atoms with Crippen LogP contribution in [0, 0.1) is 6.92 Å². The predicted octanol–water partition coefficient (Wildman–Crippen LogP) is 4.05. The molecule has 5 heteroatoms. The number of benzene rings is 3. The van der Waals surface area contributed by atoms with Gasteiger partial charge in [-0.25, -0.2) is 9.97 Å². The summed E-state index contributed by atoms with van der Waals surface area (Å²) >= 11 is 0. The number of rotatable bonds is 2. The highest BCUT2D eigenvalue weighted by atomic mass is 16.3. The Hall–Kier alpha value is -3.47. The van der Waals surface area contributed by atoms with Gasteiger partial charge >= 0.3 is 0 Å². The molecule has 122 valence electrons. The van der Waals surface area contributed by atoms with Gasteiger partial charge in [-0.15, -0.1) is 0 Å². The third-order valence-electron chi connectivity index (χ3n) is 4.06. The summed E-state index contributed by atoms with van der Waals surface area (Å²) in [7, 11) is 0. The van der Waals surface area contributed by atoms with E-state index in [9.17, 15) is 9.90 Å². The van der Waals surface area contributed by atoms with Crippen LogP contribution < -0.4 is 5.32 Å². The van der Waals surface area contributed by atoms with E-state index in [1.54, 1.807) is 36.4 Å². The third-order valence-corrected chi connectivity index (χ3v) is 4.06. The second kappa shape index (κ2) is 5.87. The normalized spacial score (nSPS) is 10.9. The van der Waals surface area contributed by atoms with Crippen LogP contribution in [-0.4, -0.2) is 21.0 Å². The van der Waals surface area contributed by atoms with Crippen LogP contribution in [0.5, 0.6) is 5.75 Å². The molecular weight excluding hydrogens is 314 g/mol. The largest absolute Gasteiger partial charge is 0.508 e. The molecule has 0 unspecified atom stereocenters. The quantitative estimate of drug-likeness (QED) is 0.430. The maximum atomic E-state index is 12.5. The van der Waals surface area contributed by atoms with Gasteiger partial charge in [0.05, 0.1) is 22.1 Å². The SMILES string of the molecule is Cc1cc(O)ccc1NC(=O)c1ccc2nc3ccccc3nc2c1. The number of aryl methyl sites for hydroxylation is 1. The number of para-hydroxylation sites is 2. The number of hydrogen-bond donors (Lipinski definition) is 2. The highest BCUT2D eigenvalue weighted by Gasteiger charge is 2.10. The Morgan fingerprint density at radius 1 is 0.880 bits per heavy atom. The standard InChI is InChI=1S/C20H15N3O2/c1-12-10-14(24)7-9-15(12)23-20(25)13-6-8-18-19(11-13)22-17-5-3-2-4-16(17)21-18/h2-11,24H,1H3,(H,23,25). The highest BCUT2D eigenvalue weighted by Crippen LogP contribution is 2.22. The van der Waals surface area contributed by atoms with E-state index < -0.39 is 0 Å². The minimum Gasteiger partial charge on any atom is -0.508 e. The molecule has 3 aromatic carbocycles. The molecule has 0 bridgehead atoms. The van der Waals surface area contributed by atoms with Gasteiger partial charge in [0.15, 0.2) is 0 Å². The van der Waals surface area contributed by atoms with E-state index in [4.69, 9.17) is 0 Å². The van der Waals surface area contributed by atoms with E-state index in [1.807, 2.05) is 31.2 Å². The number of hydrogen-bond acceptors (Lipinski definition) is 4. The summed E-state index contributed by atoms with van der Waals surface area (Å²) in [5.74, 6) is -0.0611. The summed E-state index contributed by atoms with van der Waals surface area (Å²) in [5.41, 5.74) is 5.00. The number of fused-ring (bicyclic) bond motifs is 2. The van der Waals surface area contributed by atoms with Crippen molar-refractivity contribution >= 4 is 33.7 Å². The Bertz CT molecular complexity index is 1120. The van der Waals surface area contributed by atoms with Gasteiger partial charge in [0.25, 0.3) is 5.91 Å². The number of anilines is 1. The zero-order chi connectivity index (χ0) is 17.4. The molecule has 1 amide bonds. The lowest BCUT2D eigenvalue weighted by atomic mass is 10.1. The van der Waals surface area contributed by atoms with Crippen molar-refractivity contribution in [3.05, 3.63) is 71.8 Å². The molecule has 4 aromatic rings. The number of amides is 1. The fraction of sp³-hybridized carbons (Fsp3) is 0.0500. The molecule has 0 saturated carbocycles. The lowest BCUT2D eigenvalue weighted by molar-refractivity contribution is 0.102. The second-order valence-electron chi connectivity index (χ2n) is 5.87. The number of phenols is 1. The molecule has 2 N–H and O–H groups in total. The van der Waals surface area contributed by atoms with Crippen LogP contribution in [0.3, 0.4) is 0 Å². The van der Waals surface area contributed by atoms with Crippen molar-refractivity contribution < 1.29 is 9.90 Å². The molecule has 1 aromatic heterocycles. The van der Waals surface area contributed by atoms with Crippen LogP contribution in [0.4, 0.5) is 5.69 Å². The Morgan fingerprint density at radius 3 is 2.28 bits per heavy atom. The summed E-state index contributed by atoms with van der Waals surface area (Å²) in [6, 6.07) is 17.7. The number of aromatic hydroxyl groups is 1. The van der Waals surface area contributed by atoms with E-state index in [2.05, 4.69) is 15.3 Å². The molecule has 0 atom stereocenters. The Balaban J connectivity index is 1.70. The molecule has 0 radical (unpaired) electrons. The molecule has 0 fully saturated rings. The molecule has 0 aliphatic carbocycles. The fourth-order valence-corrected chi connectivity index (χ4v) is 2.74. The average Bonchev–Trinajstić information content (AvgIpc) is 2.61. The van der Waals surface area contributed by atoms with Crippen molar-refractivity contribution in [3.63, 3.8) is 0 Å². The summed E-state index contributed by atoms with van der Waals surface area (Å²) in [6.07, 6.45) is 0. The smallest absolute Gasteiger partial charge is 0.255 e. The van der Waals surface area contributed by atoms with Gasteiger partial charge in [0, 0.05) is 11.3 Å². The zero-order valence-electron chi connectivity index (χ0n) is 13.5. The number of carbonyl (C=O) groups is 1. The van der Waals surface area contributed by atoms with Gasteiger partial charge in [-0.05, 0) is 61.0 Å². The van der Waals surface area contributed by atoms with Crippen LogP contribution in [0.1, 0.15) is 15.9 Å². The molecule has 0 spiro atoms. The van der Waals surface area contributed by atoms with Gasteiger partial charge < -0.3 is 10.4 Å². The number of nitrogens with zero attached hydrogens (tertiary/aromatic N) is 2. The molecule has 0 aliphatic heterocycles. The monoisotopic (exact) mass is 329 g/mol. The lowest BCUT2D eigenvalue weighted by Gasteiger charge is -2.09. The first-order chi connectivity index (χ1) is 12.1. The van der Waals surface area contributed by atoms with Crippen LogP contribution in [0.2, 0.25) is 0 Å². The van der Waals surface area contributed by atoms with Gasteiger partial charge in [-0.1, -0.05) is 12.1 Å². The first-order valence-electron chi connectivity index (χ1n) is 7.88. The molecule has 5 nitrogen and oxygen atoms in total. The summed E-state index contributed by atoms with van der Waals surface area (Å²) in [6.45, 7) is 1.83. The highest BCUT2D eigenvalue weighted by molar-refractivity contribution is 6.06. The summed E-state index contributed by atoms with van der Waals surface area (Å²) in [5, 5.41) is 12.3. The number of carbonyl (C=O) groups excluding carboxylic acids is 1. The van der Waals surface area contributed by atoms with E-state index in [1.165, 1.54) is 0 Å². The minimum absolute atomic E-state index is 0.170. The van der Waals surface area contributed by atoms with Crippen LogP contribution in [-0.2, 0) is 0 Å². The Kier molecular flexibility index (Phi) is 3.54. The maximum absolute atomic E-state index is 12.5. The van der Waals surface area contributed by atoms with Crippen molar-refractivity contribution in [1.82, 2.24) is 9.97 Å². The zero-order valence-corrected chi connectivity index (χ0v) is 13.5. The molecule has 0 saturated heterocycles. The van der Waals surface area contributed by atoms with E-state index in [0.717, 1.165) is 22.1 Å². The van der Waals surface area contributed by atoms with E-state index >= 15 is 0 Å². The van der Waals surface area contributed by atoms with Crippen LogP contribution in [0.15, 0.2) is 60.7 Å². The van der Waals surface area contributed by atoms with Gasteiger partial charge in [-0.2, -0.15) is 0 Å². The molecule has 1 heterocycles. The molecular formula is C20H15N3O2. The van der Waals surface area contributed by atoms with Crippen molar-refractivity contribution in [3.8, 4) is 5.75 Å². The van der Waals surface area contributed by atoms with Gasteiger partial charge in [-0.3, -0.25) is 4.79 Å². The number of aromatic nitrogens is 2. The summed E-state index contributed by atoms with van der Waals surface area (Å²) < 4.78 is 0.